The lowest BCUT2D eigenvalue weighted by molar-refractivity contribution is -0.122. The van der Waals surface area contributed by atoms with Gasteiger partial charge in [-0.25, -0.2) is 4.98 Å². The largest absolute Gasteiger partial charge is 0.454 e. The third-order valence-electron chi connectivity index (χ3n) is 5.68. The van der Waals surface area contributed by atoms with E-state index >= 15 is 0 Å². The van der Waals surface area contributed by atoms with Crippen molar-refractivity contribution >= 4 is 28.3 Å². The maximum Gasteiger partial charge on any atom is 0.257 e. The van der Waals surface area contributed by atoms with E-state index in [1.165, 1.54) is 16.9 Å². The van der Waals surface area contributed by atoms with Crippen LogP contribution in [0, 0.1) is 0 Å². The van der Waals surface area contributed by atoms with E-state index in [1.807, 2.05) is 18.2 Å². The zero-order chi connectivity index (χ0) is 21.9. The number of nitrogens with zero attached hydrogens (tertiary/aromatic N) is 1. The fraction of sp³-hybridized carbons (Fsp3) is 0.292. The van der Waals surface area contributed by atoms with Crippen molar-refractivity contribution in [2.24, 2.45) is 0 Å². The first kappa shape index (κ1) is 20.5. The molecule has 0 fully saturated rings. The molecule has 0 unspecified atom stereocenters. The molecule has 32 heavy (non-hydrogen) atoms. The molecule has 3 aromatic rings. The lowest BCUT2D eigenvalue weighted by atomic mass is 9.90. The van der Waals surface area contributed by atoms with Gasteiger partial charge in [0.2, 0.25) is 12.7 Å². The number of amides is 2. The number of benzene rings is 2. The molecular weight excluding hydrogens is 426 g/mol. The lowest BCUT2D eigenvalue weighted by Crippen LogP contribution is -2.32. The topological polar surface area (TPSA) is 89.6 Å². The summed E-state index contributed by atoms with van der Waals surface area (Å²) in [4.78, 5) is 31.2. The highest BCUT2D eigenvalue weighted by molar-refractivity contribution is 7.16. The fourth-order valence-electron chi connectivity index (χ4n) is 4.03. The monoisotopic (exact) mass is 449 g/mol. The number of carbonyl (C=O) groups is 2. The van der Waals surface area contributed by atoms with Crippen LogP contribution < -0.4 is 20.1 Å². The zero-order valence-electron chi connectivity index (χ0n) is 17.4. The van der Waals surface area contributed by atoms with E-state index in [-0.39, 0.29) is 24.5 Å². The molecule has 2 aromatic carbocycles. The number of aromatic nitrogens is 1. The smallest absolute Gasteiger partial charge is 0.257 e. The number of ether oxygens (including phenoxy) is 2. The molecule has 1 aromatic heterocycles. The van der Waals surface area contributed by atoms with Crippen LogP contribution in [0.2, 0.25) is 0 Å². The Kier molecular flexibility index (Phi) is 5.77. The van der Waals surface area contributed by atoms with Crippen LogP contribution in [-0.4, -0.2) is 30.1 Å². The number of nitrogens with one attached hydrogen (secondary N) is 2. The van der Waals surface area contributed by atoms with Crippen LogP contribution in [0.5, 0.6) is 11.5 Å². The predicted octanol–water partition coefficient (Wildman–Crippen LogP) is 3.90. The summed E-state index contributed by atoms with van der Waals surface area (Å²) in [5, 5.41) is 6.44. The molecule has 0 saturated carbocycles. The Morgan fingerprint density at radius 2 is 1.94 bits per heavy atom. The van der Waals surface area contributed by atoms with Gasteiger partial charge in [-0.3, -0.25) is 14.9 Å². The summed E-state index contributed by atoms with van der Waals surface area (Å²) in [6, 6.07) is 15.2. The van der Waals surface area contributed by atoms with Crippen molar-refractivity contribution in [3.05, 3.63) is 70.2 Å². The zero-order valence-corrected chi connectivity index (χ0v) is 18.2. The SMILES string of the molecule is O=C(Nc1nc2c(s1)CCC[C@H]2C(=O)NCCc1ccccc1)c1ccc2c(c1)OCO2. The third-order valence-corrected chi connectivity index (χ3v) is 6.73. The normalized spacial score (nSPS) is 16.3. The summed E-state index contributed by atoms with van der Waals surface area (Å²) in [5.74, 6) is 0.650. The van der Waals surface area contributed by atoms with E-state index in [4.69, 9.17) is 9.47 Å². The summed E-state index contributed by atoms with van der Waals surface area (Å²) in [7, 11) is 0. The Morgan fingerprint density at radius 1 is 1.09 bits per heavy atom. The summed E-state index contributed by atoms with van der Waals surface area (Å²) >= 11 is 1.45. The van der Waals surface area contributed by atoms with Gasteiger partial charge in [0.05, 0.1) is 11.6 Å². The van der Waals surface area contributed by atoms with Gasteiger partial charge in [-0.1, -0.05) is 30.3 Å². The van der Waals surface area contributed by atoms with E-state index in [9.17, 15) is 9.59 Å². The standard InChI is InChI=1S/C24H23N3O4S/c28-22(16-9-10-18-19(13-16)31-14-30-18)27-24-26-21-17(7-4-8-20(21)32-24)23(29)25-12-11-15-5-2-1-3-6-15/h1-3,5-6,9-10,13,17H,4,7-8,11-12,14H2,(H,25,29)(H,26,27,28)/t17-/m1/s1. The van der Waals surface area contributed by atoms with E-state index in [2.05, 4.69) is 27.8 Å². The number of hydrogen-bond acceptors (Lipinski definition) is 6. The van der Waals surface area contributed by atoms with Crippen LogP contribution in [0.1, 0.15) is 45.3 Å². The molecular formula is C24H23N3O4S. The number of hydrogen-bond donors (Lipinski definition) is 2. The minimum Gasteiger partial charge on any atom is -0.454 e. The van der Waals surface area contributed by atoms with Gasteiger partial charge in [-0.2, -0.15) is 0 Å². The summed E-state index contributed by atoms with van der Waals surface area (Å²) in [6.45, 7) is 0.751. The Morgan fingerprint density at radius 3 is 2.81 bits per heavy atom. The Balaban J connectivity index is 1.24. The molecule has 1 aliphatic carbocycles. The molecule has 2 amide bonds. The van der Waals surface area contributed by atoms with Crippen LogP contribution in [0.15, 0.2) is 48.5 Å². The Bertz CT molecular complexity index is 1150. The minimum absolute atomic E-state index is 0.000767. The third kappa shape index (κ3) is 4.31. The van der Waals surface area contributed by atoms with Crippen LogP contribution in [0.25, 0.3) is 0 Å². The summed E-state index contributed by atoms with van der Waals surface area (Å²) < 4.78 is 10.6. The molecule has 164 valence electrons. The van der Waals surface area contributed by atoms with Gasteiger partial charge in [0, 0.05) is 17.0 Å². The molecule has 0 bridgehead atoms. The molecule has 1 atom stereocenters. The second kappa shape index (κ2) is 9.00. The number of aryl methyl sites for hydroxylation is 1. The molecule has 2 N–H and O–H groups in total. The van der Waals surface area contributed by atoms with Crippen LogP contribution in [0.3, 0.4) is 0 Å². The summed E-state index contributed by atoms with van der Waals surface area (Å²) in [6.07, 6.45) is 3.37. The molecule has 0 radical (unpaired) electrons. The minimum atomic E-state index is -0.276. The summed E-state index contributed by atoms with van der Waals surface area (Å²) in [5.41, 5.74) is 2.45. The van der Waals surface area contributed by atoms with Crippen molar-refractivity contribution < 1.29 is 19.1 Å². The van der Waals surface area contributed by atoms with Gasteiger partial charge >= 0.3 is 0 Å². The number of thiazole rings is 1. The number of rotatable bonds is 6. The molecule has 0 saturated heterocycles. The van der Waals surface area contributed by atoms with Crippen molar-refractivity contribution in [1.29, 1.82) is 0 Å². The molecule has 2 heterocycles. The van der Waals surface area contributed by atoms with Crippen molar-refractivity contribution in [2.45, 2.75) is 31.6 Å². The van der Waals surface area contributed by atoms with Gasteiger partial charge in [-0.05, 0) is 49.4 Å². The quantitative estimate of drug-likeness (QED) is 0.596. The molecule has 2 aliphatic rings. The van der Waals surface area contributed by atoms with Crippen LogP contribution in [-0.2, 0) is 17.6 Å². The highest BCUT2D eigenvalue weighted by Gasteiger charge is 2.30. The first-order chi connectivity index (χ1) is 15.7. The van der Waals surface area contributed by atoms with Crippen LogP contribution in [0.4, 0.5) is 5.13 Å². The fourth-order valence-corrected chi connectivity index (χ4v) is 5.09. The van der Waals surface area contributed by atoms with Gasteiger partial charge in [0.25, 0.3) is 5.91 Å². The van der Waals surface area contributed by atoms with Crippen molar-refractivity contribution in [2.75, 3.05) is 18.7 Å². The van der Waals surface area contributed by atoms with Crippen molar-refractivity contribution in [3.63, 3.8) is 0 Å². The van der Waals surface area contributed by atoms with E-state index in [0.717, 1.165) is 36.3 Å². The Hall–Kier alpha value is -3.39. The maximum absolute atomic E-state index is 12.9. The second-order valence-electron chi connectivity index (χ2n) is 7.82. The lowest BCUT2D eigenvalue weighted by Gasteiger charge is -2.20. The first-order valence-electron chi connectivity index (χ1n) is 10.7. The van der Waals surface area contributed by atoms with Crippen molar-refractivity contribution in [3.8, 4) is 11.5 Å². The van der Waals surface area contributed by atoms with Crippen LogP contribution >= 0.6 is 11.3 Å². The van der Waals surface area contributed by atoms with Crippen molar-refractivity contribution in [1.82, 2.24) is 10.3 Å². The second-order valence-corrected chi connectivity index (χ2v) is 8.90. The number of carbonyl (C=O) groups excluding carboxylic acids is 2. The maximum atomic E-state index is 12.9. The highest BCUT2D eigenvalue weighted by atomic mass is 32.1. The first-order valence-corrected chi connectivity index (χ1v) is 11.5. The average molecular weight is 450 g/mol. The molecule has 1 aliphatic heterocycles. The average Bonchev–Trinajstić information content (AvgIpc) is 3.45. The van der Waals surface area contributed by atoms with Gasteiger partial charge in [0.1, 0.15) is 0 Å². The predicted molar refractivity (Wildman–Crippen MR) is 121 cm³/mol. The van der Waals surface area contributed by atoms with E-state index < -0.39 is 0 Å². The highest BCUT2D eigenvalue weighted by Crippen LogP contribution is 2.37. The molecule has 8 heteroatoms. The van der Waals surface area contributed by atoms with Gasteiger partial charge in [-0.15, -0.1) is 11.3 Å². The molecule has 7 nitrogen and oxygen atoms in total. The number of anilines is 1. The molecule has 0 spiro atoms. The van der Waals surface area contributed by atoms with E-state index in [0.29, 0.717) is 28.7 Å². The van der Waals surface area contributed by atoms with Gasteiger partial charge < -0.3 is 14.8 Å². The Labute approximate surface area is 189 Å². The molecule has 5 rings (SSSR count). The van der Waals surface area contributed by atoms with Gasteiger partial charge in [0.15, 0.2) is 16.6 Å². The number of fused-ring (bicyclic) bond motifs is 2. The van der Waals surface area contributed by atoms with E-state index in [1.54, 1.807) is 18.2 Å².